The molecule has 2 aromatic carbocycles. The Hall–Kier alpha value is -1.56. The van der Waals surface area contributed by atoms with Gasteiger partial charge in [-0.1, -0.05) is 43.7 Å². The van der Waals surface area contributed by atoms with Crippen molar-refractivity contribution in [1.82, 2.24) is 0 Å². The van der Waals surface area contributed by atoms with Crippen LogP contribution in [0.4, 0.5) is 0 Å². The van der Waals surface area contributed by atoms with Crippen molar-refractivity contribution < 1.29 is 35.7 Å². The SMILES string of the molecule is CCCCOc1ccc(OCCCC[N+]2(Cc3ccccc3)CCOCC2)cc1.[Br-]. The molecule has 5 heteroatoms. The molecular formula is C25H36BrNO3. The molecule has 0 saturated carbocycles. The number of rotatable bonds is 12. The highest BCUT2D eigenvalue weighted by Crippen LogP contribution is 2.20. The van der Waals surface area contributed by atoms with Crippen LogP contribution in [-0.4, -0.2) is 50.5 Å². The summed E-state index contributed by atoms with van der Waals surface area (Å²) in [5, 5.41) is 0. The minimum atomic E-state index is 0. The number of unbranched alkanes of at least 4 members (excludes halogenated alkanes) is 2. The molecule has 1 aliphatic rings. The molecule has 0 spiro atoms. The van der Waals surface area contributed by atoms with Crippen LogP contribution < -0.4 is 26.5 Å². The molecule has 0 aliphatic carbocycles. The quantitative estimate of drug-likeness (QED) is 0.346. The van der Waals surface area contributed by atoms with Gasteiger partial charge in [-0.15, -0.1) is 0 Å². The standard InChI is InChI=1S/C25H36NO3.BrH/c1-2-3-18-28-24-11-13-25(14-12-24)29-19-8-7-15-26(16-20-27-21-17-26)22-23-9-5-4-6-10-23;/h4-6,9-14H,2-3,7-8,15-22H2,1H3;1H/q+1;/p-1. The third-order valence-electron chi connectivity index (χ3n) is 5.67. The molecule has 1 aliphatic heterocycles. The predicted octanol–water partition coefficient (Wildman–Crippen LogP) is 2.08. The second-order valence-corrected chi connectivity index (χ2v) is 8.00. The van der Waals surface area contributed by atoms with Gasteiger partial charge in [-0.2, -0.15) is 0 Å². The molecule has 1 fully saturated rings. The van der Waals surface area contributed by atoms with Crippen LogP contribution in [0.25, 0.3) is 0 Å². The summed E-state index contributed by atoms with van der Waals surface area (Å²) in [5.74, 6) is 1.85. The zero-order valence-electron chi connectivity index (χ0n) is 18.2. The van der Waals surface area contributed by atoms with E-state index < -0.39 is 0 Å². The number of morpholine rings is 1. The van der Waals surface area contributed by atoms with Gasteiger partial charge < -0.3 is 35.7 Å². The van der Waals surface area contributed by atoms with Crippen molar-refractivity contribution in [3.63, 3.8) is 0 Å². The molecule has 3 rings (SSSR count). The Bertz CT molecular complexity index is 687. The fourth-order valence-electron chi connectivity index (χ4n) is 3.87. The maximum absolute atomic E-state index is 5.94. The second-order valence-electron chi connectivity index (χ2n) is 8.00. The van der Waals surface area contributed by atoms with Gasteiger partial charge >= 0.3 is 0 Å². The number of benzene rings is 2. The smallest absolute Gasteiger partial charge is 0.119 e. The third-order valence-corrected chi connectivity index (χ3v) is 5.67. The van der Waals surface area contributed by atoms with Gasteiger partial charge in [-0.25, -0.2) is 0 Å². The van der Waals surface area contributed by atoms with Crippen LogP contribution in [0.15, 0.2) is 54.6 Å². The lowest BCUT2D eigenvalue weighted by molar-refractivity contribution is -0.947. The number of hydrogen-bond acceptors (Lipinski definition) is 3. The highest BCUT2D eigenvalue weighted by atomic mass is 79.9. The van der Waals surface area contributed by atoms with Gasteiger partial charge in [-0.3, -0.25) is 0 Å². The fraction of sp³-hybridized carbons (Fsp3) is 0.520. The van der Waals surface area contributed by atoms with Crippen molar-refractivity contribution >= 4 is 0 Å². The molecule has 1 heterocycles. The molecule has 0 bridgehead atoms. The van der Waals surface area contributed by atoms with Gasteiger partial charge in [0.2, 0.25) is 0 Å². The molecule has 0 amide bonds. The normalized spacial score (nSPS) is 15.2. The van der Waals surface area contributed by atoms with E-state index in [1.807, 2.05) is 24.3 Å². The van der Waals surface area contributed by atoms with Crippen molar-refractivity contribution in [2.45, 2.75) is 39.2 Å². The highest BCUT2D eigenvalue weighted by Gasteiger charge is 2.30. The van der Waals surface area contributed by atoms with Crippen LogP contribution in [0, 0.1) is 0 Å². The molecule has 0 radical (unpaired) electrons. The van der Waals surface area contributed by atoms with E-state index in [4.69, 9.17) is 14.2 Å². The predicted molar refractivity (Wildman–Crippen MR) is 117 cm³/mol. The maximum Gasteiger partial charge on any atom is 0.119 e. The van der Waals surface area contributed by atoms with E-state index in [0.29, 0.717) is 0 Å². The average molecular weight is 478 g/mol. The maximum atomic E-state index is 5.94. The lowest BCUT2D eigenvalue weighted by atomic mass is 10.1. The minimum Gasteiger partial charge on any atom is -1.00 e. The highest BCUT2D eigenvalue weighted by molar-refractivity contribution is 5.31. The minimum absolute atomic E-state index is 0. The number of quaternary nitrogens is 1. The molecule has 2 aromatic rings. The summed E-state index contributed by atoms with van der Waals surface area (Å²) >= 11 is 0. The van der Waals surface area contributed by atoms with Crippen molar-refractivity contribution in [2.75, 3.05) is 46.1 Å². The third kappa shape index (κ3) is 8.29. The van der Waals surface area contributed by atoms with Crippen LogP contribution in [0.5, 0.6) is 11.5 Å². The summed E-state index contributed by atoms with van der Waals surface area (Å²) in [7, 11) is 0. The Morgan fingerprint density at radius 2 is 1.40 bits per heavy atom. The topological polar surface area (TPSA) is 27.7 Å². The Labute approximate surface area is 192 Å². The first-order chi connectivity index (χ1) is 14.3. The molecule has 30 heavy (non-hydrogen) atoms. The van der Waals surface area contributed by atoms with Crippen LogP contribution in [-0.2, 0) is 11.3 Å². The first-order valence-electron chi connectivity index (χ1n) is 11.1. The molecule has 166 valence electrons. The first-order valence-corrected chi connectivity index (χ1v) is 11.1. The summed E-state index contributed by atoms with van der Waals surface area (Å²) in [4.78, 5) is 0. The van der Waals surface area contributed by atoms with Gasteiger partial charge in [0.25, 0.3) is 0 Å². The van der Waals surface area contributed by atoms with Crippen molar-refractivity contribution in [3.8, 4) is 11.5 Å². The first kappa shape index (κ1) is 24.7. The average Bonchev–Trinajstić information content (AvgIpc) is 2.76. The van der Waals surface area contributed by atoms with E-state index in [1.165, 1.54) is 18.5 Å². The van der Waals surface area contributed by atoms with Gasteiger partial charge in [0.1, 0.15) is 31.1 Å². The molecule has 0 unspecified atom stereocenters. The number of halogens is 1. The second kappa shape index (κ2) is 13.7. The number of nitrogens with zero attached hydrogens (tertiary/aromatic N) is 1. The van der Waals surface area contributed by atoms with Gasteiger partial charge in [0, 0.05) is 5.56 Å². The summed E-state index contributed by atoms with van der Waals surface area (Å²) in [5.41, 5.74) is 1.42. The zero-order valence-corrected chi connectivity index (χ0v) is 19.8. The molecule has 0 aromatic heterocycles. The van der Waals surface area contributed by atoms with Crippen LogP contribution in [0.1, 0.15) is 38.2 Å². The Morgan fingerprint density at radius 1 is 0.800 bits per heavy atom. The van der Waals surface area contributed by atoms with E-state index >= 15 is 0 Å². The summed E-state index contributed by atoms with van der Waals surface area (Å²) in [6, 6.07) is 18.9. The molecule has 1 saturated heterocycles. The van der Waals surface area contributed by atoms with Gasteiger partial charge in [0.05, 0.1) is 33.0 Å². The summed E-state index contributed by atoms with van der Waals surface area (Å²) in [6.45, 7) is 9.96. The van der Waals surface area contributed by atoms with E-state index in [9.17, 15) is 0 Å². The van der Waals surface area contributed by atoms with E-state index in [1.54, 1.807) is 0 Å². The number of ether oxygens (including phenoxy) is 3. The van der Waals surface area contributed by atoms with E-state index in [-0.39, 0.29) is 17.0 Å². The van der Waals surface area contributed by atoms with Gasteiger partial charge in [-0.05, 0) is 43.5 Å². The van der Waals surface area contributed by atoms with Gasteiger partial charge in [0.15, 0.2) is 0 Å². The van der Waals surface area contributed by atoms with Crippen molar-refractivity contribution in [1.29, 1.82) is 0 Å². The lowest BCUT2D eigenvalue weighted by Gasteiger charge is -2.41. The molecular weight excluding hydrogens is 442 g/mol. The Morgan fingerprint density at radius 3 is 2.00 bits per heavy atom. The fourth-order valence-corrected chi connectivity index (χ4v) is 3.87. The lowest BCUT2D eigenvalue weighted by Crippen LogP contribution is -3.00. The molecule has 0 atom stereocenters. The monoisotopic (exact) mass is 477 g/mol. The van der Waals surface area contributed by atoms with E-state index in [0.717, 1.165) is 81.3 Å². The Kier molecular flexibility index (Phi) is 11.3. The number of hydrogen-bond donors (Lipinski definition) is 0. The van der Waals surface area contributed by atoms with Crippen LogP contribution in [0.2, 0.25) is 0 Å². The Balaban J connectivity index is 0.00000320. The van der Waals surface area contributed by atoms with Crippen LogP contribution in [0.3, 0.4) is 0 Å². The molecule has 4 nitrogen and oxygen atoms in total. The van der Waals surface area contributed by atoms with Crippen molar-refractivity contribution in [2.24, 2.45) is 0 Å². The molecule has 0 N–H and O–H groups in total. The zero-order chi connectivity index (χ0) is 20.2. The summed E-state index contributed by atoms with van der Waals surface area (Å²) < 4.78 is 18.4. The van der Waals surface area contributed by atoms with Crippen LogP contribution >= 0.6 is 0 Å². The summed E-state index contributed by atoms with van der Waals surface area (Å²) in [6.07, 6.45) is 4.49. The van der Waals surface area contributed by atoms with E-state index in [2.05, 4.69) is 37.3 Å². The largest absolute Gasteiger partial charge is 1.00 e. The van der Waals surface area contributed by atoms with Crippen molar-refractivity contribution in [3.05, 3.63) is 60.2 Å².